The van der Waals surface area contributed by atoms with Crippen LogP contribution in [0.1, 0.15) is 27.8 Å². The standard InChI is InChI=1S/C35H25F6N5/c36-34(37,38)23-9-4-11-25(18-23)44-32(42)22-15-16-29-28(17-22)31-27(33(43)45-26-12-5-10-24(19-26)35(39,40)41)13-6-14-30(31)46(29)20-21-7-2-1-3-8-21/h1-19H,20H2,(H2,42,44)(H2,43,45). The molecule has 0 unspecified atom stereocenters. The number of nitrogens with one attached hydrogen (secondary N) is 4. The van der Waals surface area contributed by atoms with Crippen LogP contribution in [-0.4, -0.2) is 16.2 Å². The molecule has 4 N–H and O–H groups in total. The fraction of sp³-hybridized carbons (Fsp3) is 0.0857. The summed E-state index contributed by atoms with van der Waals surface area (Å²) >= 11 is 0. The molecule has 1 heterocycles. The Balaban J connectivity index is 1.44. The van der Waals surface area contributed by atoms with Crippen molar-refractivity contribution < 1.29 is 26.3 Å². The Morgan fingerprint density at radius 1 is 0.587 bits per heavy atom. The van der Waals surface area contributed by atoms with E-state index in [2.05, 4.69) is 15.2 Å². The summed E-state index contributed by atoms with van der Waals surface area (Å²) in [7, 11) is 0. The highest BCUT2D eigenvalue weighted by Crippen LogP contribution is 2.35. The molecular weight excluding hydrogens is 604 g/mol. The van der Waals surface area contributed by atoms with Gasteiger partial charge in [-0.3, -0.25) is 10.8 Å². The highest BCUT2D eigenvalue weighted by molar-refractivity contribution is 6.22. The van der Waals surface area contributed by atoms with Crippen LogP contribution in [0.25, 0.3) is 21.8 Å². The lowest BCUT2D eigenvalue weighted by Crippen LogP contribution is -2.14. The lowest BCUT2D eigenvalue weighted by Gasteiger charge is -2.13. The van der Waals surface area contributed by atoms with Gasteiger partial charge in [0.1, 0.15) is 11.7 Å². The predicted octanol–water partition coefficient (Wildman–Crippen LogP) is 9.76. The molecule has 1 aromatic heterocycles. The largest absolute Gasteiger partial charge is 0.416 e. The molecule has 46 heavy (non-hydrogen) atoms. The number of anilines is 2. The summed E-state index contributed by atoms with van der Waals surface area (Å²) in [6.07, 6.45) is -9.09. The monoisotopic (exact) mass is 629 g/mol. The first-order chi connectivity index (χ1) is 21.9. The zero-order valence-corrected chi connectivity index (χ0v) is 23.9. The molecule has 0 aliphatic carbocycles. The predicted molar refractivity (Wildman–Crippen MR) is 169 cm³/mol. The van der Waals surface area contributed by atoms with Gasteiger partial charge in [0, 0.05) is 45.3 Å². The van der Waals surface area contributed by atoms with E-state index in [9.17, 15) is 26.3 Å². The summed E-state index contributed by atoms with van der Waals surface area (Å²) in [6, 6.07) is 29.4. The SMILES string of the molecule is N=C(Nc1cccc(C(F)(F)F)c1)c1ccc2c(c1)c1c(C(=N)Nc3cccc(C(F)(F)F)c3)cccc1n2Cc1ccccc1. The van der Waals surface area contributed by atoms with Crippen molar-refractivity contribution in [2.75, 3.05) is 10.6 Å². The fourth-order valence-electron chi connectivity index (χ4n) is 5.42. The second-order valence-corrected chi connectivity index (χ2v) is 10.7. The van der Waals surface area contributed by atoms with Crippen LogP contribution in [0.15, 0.2) is 115 Å². The Labute approximate surface area is 259 Å². The summed E-state index contributed by atoms with van der Waals surface area (Å²) in [6.45, 7) is 0.470. The van der Waals surface area contributed by atoms with Crippen molar-refractivity contribution in [1.29, 1.82) is 10.8 Å². The summed E-state index contributed by atoms with van der Waals surface area (Å²) in [5.41, 5.74) is 1.83. The normalized spacial score (nSPS) is 12.0. The first-order valence-corrected chi connectivity index (χ1v) is 14.0. The molecule has 0 radical (unpaired) electrons. The van der Waals surface area contributed by atoms with E-state index < -0.39 is 23.5 Å². The third kappa shape index (κ3) is 6.16. The Morgan fingerprint density at radius 3 is 1.78 bits per heavy atom. The van der Waals surface area contributed by atoms with Crippen LogP contribution in [0.2, 0.25) is 0 Å². The molecule has 0 saturated carbocycles. The third-order valence-corrected chi connectivity index (χ3v) is 7.55. The van der Waals surface area contributed by atoms with Crippen molar-refractivity contribution in [3.63, 3.8) is 0 Å². The van der Waals surface area contributed by atoms with Gasteiger partial charge in [-0.05, 0) is 66.2 Å². The van der Waals surface area contributed by atoms with E-state index >= 15 is 0 Å². The summed E-state index contributed by atoms with van der Waals surface area (Å²) in [5.74, 6) is -0.272. The van der Waals surface area contributed by atoms with Crippen molar-refractivity contribution in [2.45, 2.75) is 18.9 Å². The van der Waals surface area contributed by atoms with Crippen LogP contribution < -0.4 is 10.6 Å². The fourth-order valence-corrected chi connectivity index (χ4v) is 5.42. The Hall–Kier alpha value is -5.58. The van der Waals surface area contributed by atoms with E-state index in [1.54, 1.807) is 24.3 Å². The highest BCUT2D eigenvalue weighted by atomic mass is 19.4. The smallest absolute Gasteiger partial charge is 0.340 e. The molecule has 0 aliphatic heterocycles. The van der Waals surface area contributed by atoms with Gasteiger partial charge in [0.05, 0.1) is 16.6 Å². The number of hydrogen-bond acceptors (Lipinski definition) is 2. The molecule has 0 saturated heterocycles. The van der Waals surface area contributed by atoms with Crippen LogP contribution in [-0.2, 0) is 18.9 Å². The van der Waals surface area contributed by atoms with Crippen molar-refractivity contribution in [3.05, 3.63) is 143 Å². The first kappa shape index (κ1) is 30.4. The lowest BCUT2D eigenvalue weighted by atomic mass is 10.0. The number of halogens is 6. The van der Waals surface area contributed by atoms with Crippen LogP contribution >= 0.6 is 0 Å². The number of amidine groups is 2. The minimum atomic E-state index is -4.55. The number of hydrogen-bond donors (Lipinski definition) is 4. The van der Waals surface area contributed by atoms with Gasteiger partial charge in [-0.15, -0.1) is 0 Å². The zero-order valence-electron chi connectivity index (χ0n) is 23.9. The molecule has 0 spiro atoms. The Kier molecular flexibility index (Phi) is 7.77. The molecule has 0 aliphatic rings. The Morgan fingerprint density at radius 2 is 1.17 bits per heavy atom. The van der Waals surface area contributed by atoms with E-state index in [4.69, 9.17) is 10.8 Å². The minimum Gasteiger partial charge on any atom is -0.340 e. The number of rotatable bonds is 6. The molecule has 6 aromatic rings. The van der Waals surface area contributed by atoms with E-state index in [-0.39, 0.29) is 23.0 Å². The average molecular weight is 630 g/mol. The molecule has 5 nitrogen and oxygen atoms in total. The van der Waals surface area contributed by atoms with Crippen molar-refractivity contribution in [3.8, 4) is 0 Å². The molecule has 0 fully saturated rings. The first-order valence-electron chi connectivity index (χ1n) is 14.0. The maximum absolute atomic E-state index is 13.3. The molecule has 0 amide bonds. The summed E-state index contributed by atoms with van der Waals surface area (Å²) in [4.78, 5) is 0. The van der Waals surface area contributed by atoms with Gasteiger partial charge >= 0.3 is 12.4 Å². The molecule has 11 heteroatoms. The van der Waals surface area contributed by atoms with Crippen LogP contribution in [0.3, 0.4) is 0 Å². The van der Waals surface area contributed by atoms with Crippen LogP contribution in [0.5, 0.6) is 0 Å². The molecule has 5 aromatic carbocycles. The van der Waals surface area contributed by atoms with Gasteiger partial charge in [0.25, 0.3) is 0 Å². The number of alkyl halides is 6. The summed E-state index contributed by atoms with van der Waals surface area (Å²) in [5, 5.41) is 24.4. The number of fused-ring (bicyclic) bond motifs is 3. The highest BCUT2D eigenvalue weighted by Gasteiger charge is 2.31. The summed E-state index contributed by atoms with van der Waals surface area (Å²) < 4.78 is 81.9. The van der Waals surface area contributed by atoms with Crippen molar-refractivity contribution in [1.82, 2.24) is 4.57 Å². The second kappa shape index (κ2) is 11.7. The Bertz CT molecular complexity index is 2100. The average Bonchev–Trinajstić information content (AvgIpc) is 3.33. The zero-order chi connectivity index (χ0) is 32.6. The molecule has 232 valence electrons. The molecule has 6 rings (SSSR count). The van der Waals surface area contributed by atoms with Gasteiger partial charge < -0.3 is 15.2 Å². The van der Waals surface area contributed by atoms with Crippen molar-refractivity contribution in [2.24, 2.45) is 0 Å². The number of nitrogens with zero attached hydrogens (tertiary/aromatic N) is 1. The lowest BCUT2D eigenvalue weighted by molar-refractivity contribution is -0.138. The number of benzene rings is 5. The van der Waals surface area contributed by atoms with Crippen LogP contribution in [0.4, 0.5) is 37.7 Å². The quantitative estimate of drug-likeness (QED) is 0.0841. The third-order valence-electron chi connectivity index (χ3n) is 7.55. The van der Waals surface area contributed by atoms with E-state index in [0.717, 1.165) is 40.9 Å². The van der Waals surface area contributed by atoms with Gasteiger partial charge in [-0.1, -0.05) is 54.6 Å². The number of aromatic nitrogens is 1. The van der Waals surface area contributed by atoms with Gasteiger partial charge in [-0.2, -0.15) is 26.3 Å². The topological polar surface area (TPSA) is 76.7 Å². The molecule has 0 atom stereocenters. The van der Waals surface area contributed by atoms with Crippen LogP contribution in [0, 0.1) is 10.8 Å². The minimum absolute atomic E-state index is 0.0950. The van der Waals surface area contributed by atoms with Gasteiger partial charge in [0.15, 0.2) is 0 Å². The molecular formula is C35H25F6N5. The van der Waals surface area contributed by atoms with Gasteiger partial charge in [-0.25, -0.2) is 0 Å². The second-order valence-electron chi connectivity index (χ2n) is 10.7. The maximum Gasteiger partial charge on any atom is 0.416 e. The van der Waals surface area contributed by atoms with Crippen molar-refractivity contribution >= 4 is 44.9 Å². The van der Waals surface area contributed by atoms with E-state index in [1.807, 2.05) is 42.5 Å². The van der Waals surface area contributed by atoms with E-state index in [1.165, 1.54) is 24.3 Å². The van der Waals surface area contributed by atoms with Gasteiger partial charge in [0.2, 0.25) is 0 Å². The molecule has 0 bridgehead atoms. The van der Waals surface area contributed by atoms with E-state index in [0.29, 0.717) is 28.4 Å². The maximum atomic E-state index is 13.3.